The second-order valence-corrected chi connectivity index (χ2v) is 9.85. The molecule has 4 N–H and O–H groups in total. The van der Waals surface area contributed by atoms with Crippen LogP contribution in [0.3, 0.4) is 0 Å². The number of hydrogen-bond acceptors (Lipinski definition) is 4. The van der Waals surface area contributed by atoms with E-state index in [9.17, 15) is 19.4 Å². The molecule has 2 rings (SSSR count). The fourth-order valence-corrected chi connectivity index (χ4v) is 5.72. The first-order valence-corrected chi connectivity index (χ1v) is 11.4. The average molecular weight is 391 g/mol. The Kier molecular flexibility index (Phi) is 10.3. The van der Waals surface area contributed by atoms with Crippen molar-refractivity contribution in [1.82, 2.24) is 5.32 Å². The van der Waals surface area contributed by atoms with Gasteiger partial charge < -0.3 is 21.8 Å². The van der Waals surface area contributed by atoms with Crippen molar-refractivity contribution in [3.63, 3.8) is 0 Å². The third kappa shape index (κ3) is 8.52. The molecule has 0 amide bonds. The molecule has 1 saturated carbocycles. The van der Waals surface area contributed by atoms with Crippen LogP contribution in [-0.4, -0.2) is 46.0 Å². The number of carboxylic acids is 1. The Morgan fingerprint density at radius 2 is 2.00 bits per heavy atom. The zero-order chi connectivity index (χ0) is 19.2. The van der Waals surface area contributed by atoms with Crippen molar-refractivity contribution in [3.8, 4) is 0 Å². The van der Waals surface area contributed by atoms with E-state index < -0.39 is 19.4 Å². The Morgan fingerprint density at radius 1 is 1.33 bits per heavy atom. The van der Waals surface area contributed by atoms with Crippen molar-refractivity contribution < 1.29 is 44.8 Å². The van der Waals surface area contributed by atoms with Crippen LogP contribution in [0.25, 0.3) is 0 Å². The third-order valence-corrected chi connectivity index (χ3v) is 7.14. The van der Waals surface area contributed by atoms with Crippen LogP contribution < -0.4 is 24.2 Å². The van der Waals surface area contributed by atoms with Gasteiger partial charge in [0.15, 0.2) is 0 Å². The summed E-state index contributed by atoms with van der Waals surface area (Å²) in [5.41, 5.74) is 1.01. The van der Waals surface area contributed by atoms with Crippen molar-refractivity contribution >= 4 is 13.3 Å². The van der Waals surface area contributed by atoms with E-state index in [1.807, 2.05) is 13.0 Å². The van der Waals surface area contributed by atoms with E-state index in [4.69, 9.17) is 5.11 Å². The van der Waals surface area contributed by atoms with Gasteiger partial charge in [-0.3, -0.25) is 4.57 Å². The van der Waals surface area contributed by atoms with Gasteiger partial charge in [-0.1, -0.05) is 31.4 Å². The van der Waals surface area contributed by atoms with E-state index in [2.05, 4.69) is 5.32 Å². The molecule has 0 saturated heterocycles. The minimum atomic E-state index is -3.34. The van der Waals surface area contributed by atoms with Gasteiger partial charge in [0.2, 0.25) is 7.37 Å². The number of hydrogen-bond donors (Lipinski definition) is 4. The summed E-state index contributed by atoms with van der Waals surface area (Å²) >= 11 is 0. The van der Waals surface area contributed by atoms with Gasteiger partial charge in [-0.15, -0.1) is 0 Å². The van der Waals surface area contributed by atoms with Gasteiger partial charge in [0.1, 0.15) is 0 Å². The summed E-state index contributed by atoms with van der Waals surface area (Å²) in [4.78, 5) is 21.3. The normalized spacial score (nSPS) is 19.5. The second kappa shape index (κ2) is 11.4. The Bertz CT molecular complexity index is 657. The van der Waals surface area contributed by atoms with Gasteiger partial charge in [-0.05, 0) is 43.4 Å². The number of carbonyl (C=O) groups is 1. The van der Waals surface area contributed by atoms with E-state index in [0.717, 1.165) is 31.2 Å². The number of carboxylic acid groups (broad SMARTS) is 1. The predicted octanol–water partition coefficient (Wildman–Crippen LogP) is 0.364. The molecule has 0 bridgehead atoms. The first-order chi connectivity index (χ1) is 12.3. The molecule has 1 aliphatic rings. The van der Waals surface area contributed by atoms with Crippen LogP contribution in [0.4, 0.5) is 0 Å². The van der Waals surface area contributed by atoms with E-state index in [1.165, 1.54) is 12.5 Å². The maximum atomic E-state index is 12.4. The molecule has 0 radical (unpaired) electrons. The molecule has 1 aromatic carbocycles. The molecule has 1 aliphatic carbocycles. The molecular weight excluding hydrogens is 360 g/mol. The number of benzene rings is 1. The predicted molar refractivity (Wildman–Crippen MR) is 103 cm³/mol. The minimum Gasteiger partial charge on any atom is -1.00 e. The largest absolute Gasteiger partial charge is 1.00 e. The van der Waals surface area contributed by atoms with E-state index >= 15 is 0 Å². The Labute approximate surface area is 174 Å². The summed E-state index contributed by atoms with van der Waals surface area (Å²) in [6, 6.07) is 6.45. The van der Waals surface area contributed by atoms with Crippen molar-refractivity contribution in [2.45, 2.75) is 51.2 Å². The molecule has 27 heavy (non-hydrogen) atoms. The number of aliphatic hydroxyl groups is 1. The zero-order valence-electron chi connectivity index (χ0n) is 17.3. The van der Waals surface area contributed by atoms with Crippen LogP contribution in [0.1, 0.15) is 62.4 Å². The van der Waals surface area contributed by atoms with Crippen LogP contribution >= 0.6 is 7.37 Å². The Morgan fingerprint density at radius 3 is 2.63 bits per heavy atom. The summed E-state index contributed by atoms with van der Waals surface area (Å²) in [5.74, 6) is -0.680. The van der Waals surface area contributed by atoms with Crippen LogP contribution in [0.15, 0.2) is 24.3 Å². The van der Waals surface area contributed by atoms with Gasteiger partial charge in [0.05, 0.1) is 17.8 Å². The molecule has 1 aromatic rings. The quantitative estimate of drug-likeness (QED) is 0.358. The van der Waals surface area contributed by atoms with Gasteiger partial charge in [-0.2, -0.15) is 0 Å². The van der Waals surface area contributed by atoms with Gasteiger partial charge in [-0.25, -0.2) is 4.79 Å². The average Bonchev–Trinajstić information content (AvgIpc) is 2.59. The van der Waals surface area contributed by atoms with Gasteiger partial charge >= 0.3 is 24.8 Å². The summed E-state index contributed by atoms with van der Waals surface area (Å²) in [6.45, 7) is 2.06. The molecule has 148 valence electrons. The van der Waals surface area contributed by atoms with Crippen molar-refractivity contribution in [1.29, 1.82) is 0 Å². The number of nitrogens with one attached hydrogen (secondary N) is 1. The molecule has 0 spiro atoms. The molecule has 8 heteroatoms. The SMILES string of the molecule is CC(NC[C@@H](O)CP(=O)(O)CC1CCCCC1)c1cccc(C(=O)O)c1.[H-].[Li+]. The van der Waals surface area contributed by atoms with Crippen molar-refractivity contribution in [2.75, 3.05) is 18.9 Å². The third-order valence-electron chi connectivity index (χ3n) is 5.06. The topological polar surface area (TPSA) is 107 Å². The molecule has 6 nitrogen and oxygen atoms in total. The zero-order valence-corrected chi connectivity index (χ0v) is 17.2. The Hall–Kier alpha value is -0.603. The molecule has 1 fully saturated rings. The standard InChI is InChI=1S/C19H30NO5P.Li.H/c1-14(16-8-5-9-17(10-16)19(22)23)20-11-18(21)13-26(24,25)12-15-6-3-2-4-7-15;;/h5,8-10,14-15,18,20-21H,2-4,6-7,11-13H2,1H3,(H,22,23)(H,24,25);;/q;+1;-1/t14?,18-;;/m1../s1. The smallest absolute Gasteiger partial charge is 1.00 e. The van der Waals surface area contributed by atoms with Crippen LogP contribution in [-0.2, 0) is 4.57 Å². The molecular formula is C19H31LiNO5P. The van der Waals surface area contributed by atoms with Crippen molar-refractivity contribution in [3.05, 3.63) is 35.4 Å². The van der Waals surface area contributed by atoms with Crippen molar-refractivity contribution in [2.24, 2.45) is 5.92 Å². The van der Waals surface area contributed by atoms with E-state index in [0.29, 0.717) is 12.1 Å². The first-order valence-electron chi connectivity index (χ1n) is 9.32. The molecule has 0 heterocycles. The van der Waals surface area contributed by atoms with Gasteiger partial charge in [0, 0.05) is 18.7 Å². The van der Waals surface area contributed by atoms with Crippen LogP contribution in [0, 0.1) is 5.92 Å². The fourth-order valence-electron chi connectivity index (χ4n) is 3.61. The monoisotopic (exact) mass is 391 g/mol. The maximum absolute atomic E-state index is 12.4. The molecule has 3 atom stereocenters. The summed E-state index contributed by atoms with van der Waals surface area (Å²) in [7, 11) is -3.34. The molecule has 2 unspecified atom stereocenters. The minimum absolute atomic E-state index is 0. The van der Waals surface area contributed by atoms with Crippen LogP contribution in [0.2, 0.25) is 0 Å². The van der Waals surface area contributed by atoms with E-state index in [-0.39, 0.29) is 44.6 Å². The van der Waals surface area contributed by atoms with E-state index in [1.54, 1.807) is 12.1 Å². The number of aliphatic hydroxyl groups excluding tert-OH is 1. The number of rotatable bonds is 9. The summed E-state index contributed by atoms with van der Waals surface area (Å²) in [5, 5.41) is 22.3. The fraction of sp³-hybridized carbons (Fsp3) is 0.632. The maximum Gasteiger partial charge on any atom is 1.00 e. The number of aromatic carboxylic acids is 1. The summed E-state index contributed by atoms with van der Waals surface area (Å²) < 4.78 is 12.4. The second-order valence-electron chi connectivity index (χ2n) is 7.43. The Balaban J connectivity index is 0.00000364. The van der Waals surface area contributed by atoms with Gasteiger partial charge in [0.25, 0.3) is 0 Å². The molecule has 0 aliphatic heterocycles. The first kappa shape index (κ1) is 24.4. The molecule has 0 aromatic heterocycles. The van der Waals surface area contributed by atoms with Crippen LogP contribution in [0.5, 0.6) is 0 Å². The summed E-state index contributed by atoms with van der Waals surface area (Å²) in [6.07, 6.45) is 4.78.